The lowest BCUT2D eigenvalue weighted by molar-refractivity contribution is 0.0993. The summed E-state index contributed by atoms with van der Waals surface area (Å²) in [6.07, 6.45) is 1.70. The van der Waals surface area contributed by atoms with Crippen LogP contribution in [0.15, 0.2) is 48.7 Å². The zero-order chi connectivity index (χ0) is 14.1. The highest BCUT2D eigenvalue weighted by Crippen LogP contribution is 2.18. The van der Waals surface area contributed by atoms with Gasteiger partial charge in [-0.3, -0.25) is 9.89 Å². The molecule has 0 radical (unpaired) electrons. The molecule has 3 rings (SSSR count). The van der Waals surface area contributed by atoms with Crippen molar-refractivity contribution in [2.45, 2.75) is 0 Å². The molecule has 0 saturated heterocycles. The number of nitrogens with one attached hydrogen (secondary N) is 1. The molecule has 0 spiro atoms. The Morgan fingerprint density at radius 1 is 1.20 bits per heavy atom. The Hall–Kier alpha value is -2.69. The molecule has 5 heteroatoms. The van der Waals surface area contributed by atoms with E-state index in [1.165, 1.54) is 17.0 Å². The fourth-order valence-electron chi connectivity index (χ4n) is 2.05. The Labute approximate surface area is 114 Å². The normalized spacial score (nSPS) is 10.7. The van der Waals surface area contributed by atoms with Crippen molar-refractivity contribution in [3.63, 3.8) is 0 Å². The number of halogens is 1. The molecule has 1 heterocycles. The smallest absolute Gasteiger partial charge is 0.258 e. The molecule has 0 bridgehead atoms. The largest absolute Gasteiger partial charge is 0.311 e. The van der Waals surface area contributed by atoms with Gasteiger partial charge >= 0.3 is 0 Å². The predicted octanol–water partition coefficient (Wildman–Crippen LogP) is 2.98. The molecule has 3 aromatic rings. The minimum Gasteiger partial charge on any atom is -0.311 e. The number of aromatic nitrogens is 2. The van der Waals surface area contributed by atoms with Crippen molar-refractivity contribution in [1.29, 1.82) is 0 Å². The number of anilines is 1. The van der Waals surface area contributed by atoms with Crippen LogP contribution in [-0.4, -0.2) is 23.2 Å². The van der Waals surface area contributed by atoms with Crippen molar-refractivity contribution in [3.05, 3.63) is 60.0 Å². The van der Waals surface area contributed by atoms with Crippen LogP contribution in [0.1, 0.15) is 10.4 Å². The van der Waals surface area contributed by atoms with Crippen molar-refractivity contribution in [2.75, 3.05) is 11.9 Å². The standard InChI is InChI=1S/C15H12FN3O/c1-19(13-6-4-12(16)5-7-13)15(20)10-2-3-11-9-17-18-14(11)8-10/h2-9H,1H3,(H,17,18). The van der Waals surface area contributed by atoms with Crippen LogP contribution in [0.3, 0.4) is 0 Å². The summed E-state index contributed by atoms with van der Waals surface area (Å²) in [5, 5.41) is 7.70. The van der Waals surface area contributed by atoms with E-state index in [0.717, 1.165) is 10.9 Å². The summed E-state index contributed by atoms with van der Waals surface area (Å²) < 4.78 is 12.9. The Balaban J connectivity index is 1.92. The molecule has 100 valence electrons. The molecule has 0 aliphatic heterocycles. The van der Waals surface area contributed by atoms with E-state index in [0.29, 0.717) is 11.3 Å². The van der Waals surface area contributed by atoms with Crippen molar-refractivity contribution >= 4 is 22.5 Å². The number of fused-ring (bicyclic) bond motifs is 1. The van der Waals surface area contributed by atoms with E-state index in [-0.39, 0.29) is 11.7 Å². The Morgan fingerprint density at radius 2 is 1.95 bits per heavy atom. The number of hydrogen-bond donors (Lipinski definition) is 1. The molecule has 1 aromatic heterocycles. The predicted molar refractivity (Wildman–Crippen MR) is 75.2 cm³/mol. The van der Waals surface area contributed by atoms with E-state index >= 15 is 0 Å². The van der Waals surface area contributed by atoms with E-state index in [1.54, 1.807) is 37.5 Å². The first kappa shape index (κ1) is 12.3. The van der Waals surface area contributed by atoms with Crippen LogP contribution in [0.4, 0.5) is 10.1 Å². The monoisotopic (exact) mass is 269 g/mol. The van der Waals surface area contributed by atoms with Gasteiger partial charge in [0.15, 0.2) is 0 Å². The summed E-state index contributed by atoms with van der Waals surface area (Å²) in [4.78, 5) is 13.9. The zero-order valence-corrected chi connectivity index (χ0v) is 10.8. The molecule has 1 N–H and O–H groups in total. The second-order valence-corrected chi connectivity index (χ2v) is 4.51. The summed E-state index contributed by atoms with van der Waals surface area (Å²) in [6.45, 7) is 0. The molecule has 4 nitrogen and oxygen atoms in total. The topological polar surface area (TPSA) is 49.0 Å². The average molecular weight is 269 g/mol. The molecule has 0 aliphatic rings. The van der Waals surface area contributed by atoms with Crippen LogP contribution in [0.25, 0.3) is 10.9 Å². The number of benzene rings is 2. The second kappa shape index (κ2) is 4.77. The molecule has 0 fully saturated rings. The lowest BCUT2D eigenvalue weighted by Crippen LogP contribution is -2.26. The van der Waals surface area contributed by atoms with Crippen molar-refractivity contribution < 1.29 is 9.18 Å². The lowest BCUT2D eigenvalue weighted by Gasteiger charge is -2.17. The summed E-state index contributed by atoms with van der Waals surface area (Å²) >= 11 is 0. The minimum absolute atomic E-state index is 0.159. The number of carbonyl (C=O) groups excluding carboxylic acids is 1. The SMILES string of the molecule is CN(C(=O)c1ccc2cn[nH]c2c1)c1ccc(F)cc1. The van der Waals surface area contributed by atoms with E-state index in [9.17, 15) is 9.18 Å². The highest BCUT2D eigenvalue weighted by Gasteiger charge is 2.14. The maximum atomic E-state index is 12.9. The maximum absolute atomic E-state index is 12.9. The number of amides is 1. The average Bonchev–Trinajstić information content (AvgIpc) is 2.94. The summed E-state index contributed by atoms with van der Waals surface area (Å²) in [5.41, 5.74) is 2.00. The third-order valence-corrected chi connectivity index (χ3v) is 3.21. The Kier molecular flexibility index (Phi) is 2.95. The Bertz CT molecular complexity index is 764. The number of carbonyl (C=O) groups is 1. The fraction of sp³-hybridized carbons (Fsp3) is 0.0667. The number of rotatable bonds is 2. The van der Waals surface area contributed by atoms with Gasteiger partial charge in [0.05, 0.1) is 11.7 Å². The van der Waals surface area contributed by atoms with Gasteiger partial charge in [0, 0.05) is 23.7 Å². The highest BCUT2D eigenvalue weighted by molar-refractivity contribution is 6.07. The quantitative estimate of drug-likeness (QED) is 0.777. The van der Waals surface area contributed by atoms with E-state index in [2.05, 4.69) is 10.2 Å². The van der Waals surface area contributed by atoms with E-state index in [4.69, 9.17) is 0 Å². The first-order chi connectivity index (χ1) is 9.65. The number of H-pyrrole nitrogens is 1. The third kappa shape index (κ3) is 2.14. The van der Waals surface area contributed by atoms with Gasteiger partial charge < -0.3 is 4.90 Å². The number of aromatic amines is 1. The number of nitrogens with zero attached hydrogens (tertiary/aromatic N) is 2. The van der Waals surface area contributed by atoms with Crippen molar-refractivity contribution in [1.82, 2.24) is 10.2 Å². The van der Waals surface area contributed by atoms with Crippen LogP contribution >= 0.6 is 0 Å². The van der Waals surface area contributed by atoms with E-state index in [1.807, 2.05) is 6.07 Å². The lowest BCUT2D eigenvalue weighted by atomic mass is 10.1. The summed E-state index contributed by atoms with van der Waals surface area (Å²) in [7, 11) is 1.66. The van der Waals surface area contributed by atoms with Gasteiger partial charge in [0.25, 0.3) is 5.91 Å². The molecule has 0 saturated carbocycles. The molecule has 0 unspecified atom stereocenters. The zero-order valence-electron chi connectivity index (χ0n) is 10.8. The molecule has 0 atom stereocenters. The molecule has 0 aliphatic carbocycles. The van der Waals surface area contributed by atoms with Crippen LogP contribution in [-0.2, 0) is 0 Å². The van der Waals surface area contributed by atoms with Crippen LogP contribution < -0.4 is 4.90 Å². The summed E-state index contributed by atoms with van der Waals surface area (Å²) in [6, 6.07) is 11.1. The maximum Gasteiger partial charge on any atom is 0.258 e. The molecular formula is C15H12FN3O. The van der Waals surface area contributed by atoms with Gasteiger partial charge in [0.2, 0.25) is 0 Å². The van der Waals surface area contributed by atoms with Gasteiger partial charge in [-0.25, -0.2) is 4.39 Å². The van der Waals surface area contributed by atoms with Gasteiger partial charge in [-0.15, -0.1) is 0 Å². The van der Waals surface area contributed by atoms with Crippen LogP contribution in [0.5, 0.6) is 0 Å². The molecule has 2 aromatic carbocycles. The van der Waals surface area contributed by atoms with Gasteiger partial charge in [-0.2, -0.15) is 5.10 Å². The molecule has 1 amide bonds. The third-order valence-electron chi connectivity index (χ3n) is 3.21. The van der Waals surface area contributed by atoms with Gasteiger partial charge in [-0.05, 0) is 36.4 Å². The number of hydrogen-bond acceptors (Lipinski definition) is 2. The molecule has 20 heavy (non-hydrogen) atoms. The Morgan fingerprint density at radius 3 is 2.70 bits per heavy atom. The van der Waals surface area contributed by atoms with Crippen molar-refractivity contribution in [2.24, 2.45) is 0 Å². The van der Waals surface area contributed by atoms with Crippen LogP contribution in [0.2, 0.25) is 0 Å². The van der Waals surface area contributed by atoms with E-state index < -0.39 is 0 Å². The van der Waals surface area contributed by atoms with Gasteiger partial charge in [-0.1, -0.05) is 6.07 Å². The first-order valence-electron chi connectivity index (χ1n) is 6.12. The van der Waals surface area contributed by atoms with Gasteiger partial charge in [0.1, 0.15) is 5.82 Å². The highest BCUT2D eigenvalue weighted by atomic mass is 19.1. The molecular weight excluding hydrogens is 257 g/mol. The minimum atomic E-state index is -0.325. The van der Waals surface area contributed by atoms with Crippen LogP contribution in [0, 0.1) is 5.82 Å². The second-order valence-electron chi connectivity index (χ2n) is 4.51. The first-order valence-corrected chi connectivity index (χ1v) is 6.12. The fourth-order valence-corrected chi connectivity index (χ4v) is 2.05. The summed E-state index contributed by atoms with van der Waals surface area (Å²) in [5.74, 6) is -0.485. The van der Waals surface area contributed by atoms with Crippen molar-refractivity contribution in [3.8, 4) is 0 Å².